The molecular weight excluding hydrogens is 332 g/mol. The van der Waals surface area contributed by atoms with Gasteiger partial charge in [0.15, 0.2) is 5.76 Å². The molecule has 1 aromatic heterocycles. The zero-order valence-electron chi connectivity index (χ0n) is 11.6. The van der Waals surface area contributed by atoms with Crippen LogP contribution in [0.1, 0.15) is 5.56 Å². The summed E-state index contributed by atoms with van der Waals surface area (Å²) in [6, 6.07) is 13.0. The molecule has 3 rings (SSSR count). The van der Waals surface area contributed by atoms with E-state index in [1.165, 1.54) is 0 Å². The number of halogens is 1. The van der Waals surface area contributed by atoms with Crippen LogP contribution >= 0.6 is 15.9 Å². The average Bonchev–Trinajstić information content (AvgIpc) is 2.51. The van der Waals surface area contributed by atoms with Crippen molar-refractivity contribution in [2.24, 2.45) is 0 Å². The highest BCUT2D eigenvalue weighted by Crippen LogP contribution is 2.30. The van der Waals surface area contributed by atoms with Crippen LogP contribution in [0.4, 0.5) is 0 Å². The monoisotopic (exact) mass is 344 g/mol. The Morgan fingerprint density at radius 1 is 1.10 bits per heavy atom. The van der Waals surface area contributed by atoms with E-state index in [0.717, 1.165) is 16.9 Å². The van der Waals surface area contributed by atoms with E-state index in [1.807, 2.05) is 49.4 Å². The molecule has 0 atom stereocenters. The van der Waals surface area contributed by atoms with Crippen molar-refractivity contribution in [1.82, 2.24) is 0 Å². The Balaban J connectivity index is 2.25. The molecule has 0 aliphatic carbocycles. The zero-order valence-corrected chi connectivity index (χ0v) is 13.2. The van der Waals surface area contributed by atoms with Gasteiger partial charge in [0, 0.05) is 5.56 Å². The number of hydrogen-bond donors (Lipinski definition) is 0. The fourth-order valence-corrected chi connectivity index (χ4v) is 2.74. The molecule has 106 valence electrons. The maximum Gasteiger partial charge on any atom is 0.207 e. The van der Waals surface area contributed by atoms with E-state index >= 15 is 0 Å². The topological polar surface area (TPSA) is 39.4 Å². The van der Waals surface area contributed by atoms with E-state index in [4.69, 9.17) is 9.15 Å². The van der Waals surface area contributed by atoms with Gasteiger partial charge in [-0.25, -0.2) is 0 Å². The first-order valence-electron chi connectivity index (χ1n) is 6.47. The molecule has 0 amide bonds. The SMILES string of the molecule is COc1ccc(-c2oc3ccc(C)cc3c(=O)c2Br)cc1. The number of benzene rings is 2. The lowest BCUT2D eigenvalue weighted by Gasteiger charge is -2.07. The number of hydrogen-bond acceptors (Lipinski definition) is 3. The van der Waals surface area contributed by atoms with Crippen LogP contribution in [0.25, 0.3) is 22.3 Å². The van der Waals surface area contributed by atoms with Crippen LogP contribution < -0.4 is 10.2 Å². The fraction of sp³-hybridized carbons (Fsp3) is 0.118. The van der Waals surface area contributed by atoms with Gasteiger partial charge in [0.2, 0.25) is 5.43 Å². The first-order valence-corrected chi connectivity index (χ1v) is 7.27. The van der Waals surface area contributed by atoms with Gasteiger partial charge in [-0.05, 0) is 59.3 Å². The third-order valence-corrected chi connectivity index (χ3v) is 4.06. The van der Waals surface area contributed by atoms with Crippen LogP contribution in [0.15, 0.2) is 56.1 Å². The summed E-state index contributed by atoms with van der Waals surface area (Å²) in [5.41, 5.74) is 2.37. The molecule has 2 aromatic carbocycles. The predicted octanol–water partition coefficient (Wildman–Crippen LogP) is 4.54. The summed E-state index contributed by atoms with van der Waals surface area (Å²) in [6.45, 7) is 1.95. The molecule has 0 saturated heterocycles. The Labute approximate surface area is 130 Å². The summed E-state index contributed by atoms with van der Waals surface area (Å²) in [6.07, 6.45) is 0. The van der Waals surface area contributed by atoms with E-state index in [0.29, 0.717) is 21.2 Å². The van der Waals surface area contributed by atoms with Gasteiger partial charge >= 0.3 is 0 Å². The minimum absolute atomic E-state index is 0.0641. The van der Waals surface area contributed by atoms with Gasteiger partial charge in [0.25, 0.3) is 0 Å². The van der Waals surface area contributed by atoms with Gasteiger partial charge in [-0.15, -0.1) is 0 Å². The van der Waals surface area contributed by atoms with Gasteiger partial charge in [0.05, 0.1) is 12.5 Å². The smallest absolute Gasteiger partial charge is 0.207 e. The molecule has 3 aromatic rings. The van der Waals surface area contributed by atoms with Crippen molar-refractivity contribution in [2.45, 2.75) is 6.92 Å². The van der Waals surface area contributed by atoms with E-state index in [9.17, 15) is 4.79 Å². The van der Waals surface area contributed by atoms with Crippen LogP contribution in [-0.2, 0) is 0 Å². The summed E-state index contributed by atoms with van der Waals surface area (Å²) in [5, 5.41) is 0.583. The molecule has 0 radical (unpaired) electrons. The number of aryl methyl sites for hydroxylation is 1. The van der Waals surface area contributed by atoms with Crippen LogP contribution in [0.5, 0.6) is 5.75 Å². The number of ether oxygens (including phenoxy) is 1. The van der Waals surface area contributed by atoms with Crippen molar-refractivity contribution in [1.29, 1.82) is 0 Å². The normalized spacial score (nSPS) is 10.8. The van der Waals surface area contributed by atoms with Crippen molar-refractivity contribution in [3.05, 3.63) is 62.7 Å². The van der Waals surface area contributed by atoms with E-state index in [2.05, 4.69) is 15.9 Å². The summed E-state index contributed by atoms with van der Waals surface area (Å²) in [5.74, 6) is 1.28. The Morgan fingerprint density at radius 3 is 2.48 bits per heavy atom. The van der Waals surface area contributed by atoms with Crippen molar-refractivity contribution in [2.75, 3.05) is 7.11 Å². The Kier molecular flexibility index (Phi) is 3.55. The lowest BCUT2D eigenvalue weighted by Crippen LogP contribution is -2.04. The average molecular weight is 345 g/mol. The minimum atomic E-state index is -0.0641. The molecule has 0 spiro atoms. The molecule has 0 aliphatic rings. The maximum atomic E-state index is 12.5. The van der Waals surface area contributed by atoms with Crippen molar-refractivity contribution in [3.63, 3.8) is 0 Å². The van der Waals surface area contributed by atoms with Gasteiger partial charge in [-0.2, -0.15) is 0 Å². The highest BCUT2D eigenvalue weighted by atomic mass is 79.9. The fourth-order valence-electron chi connectivity index (χ4n) is 2.21. The molecule has 3 nitrogen and oxygen atoms in total. The van der Waals surface area contributed by atoms with Crippen LogP contribution in [0.2, 0.25) is 0 Å². The Bertz CT molecular complexity index is 864. The van der Waals surface area contributed by atoms with Crippen LogP contribution in [0, 0.1) is 6.92 Å². The summed E-state index contributed by atoms with van der Waals surface area (Å²) < 4.78 is 11.5. The van der Waals surface area contributed by atoms with E-state index < -0.39 is 0 Å². The van der Waals surface area contributed by atoms with Crippen molar-refractivity contribution >= 4 is 26.9 Å². The number of methoxy groups -OCH3 is 1. The first kappa shape index (κ1) is 13.9. The molecule has 0 N–H and O–H groups in total. The quantitative estimate of drug-likeness (QED) is 0.685. The van der Waals surface area contributed by atoms with E-state index in [-0.39, 0.29) is 5.43 Å². The molecule has 0 saturated carbocycles. The largest absolute Gasteiger partial charge is 0.497 e. The summed E-state index contributed by atoms with van der Waals surface area (Å²) in [4.78, 5) is 12.5. The Morgan fingerprint density at radius 2 is 1.81 bits per heavy atom. The lowest BCUT2D eigenvalue weighted by molar-refractivity contribution is 0.415. The molecule has 4 heteroatoms. The predicted molar refractivity (Wildman–Crippen MR) is 86.9 cm³/mol. The molecule has 21 heavy (non-hydrogen) atoms. The van der Waals surface area contributed by atoms with Gasteiger partial charge < -0.3 is 9.15 Å². The molecule has 1 heterocycles. The molecular formula is C17H13BrO3. The minimum Gasteiger partial charge on any atom is -0.497 e. The molecule has 0 fully saturated rings. The van der Waals surface area contributed by atoms with Crippen molar-refractivity contribution < 1.29 is 9.15 Å². The van der Waals surface area contributed by atoms with Gasteiger partial charge in [-0.1, -0.05) is 11.6 Å². The van der Waals surface area contributed by atoms with E-state index in [1.54, 1.807) is 7.11 Å². The Hall–Kier alpha value is -2.07. The first-order chi connectivity index (χ1) is 10.1. The standard InChI is InChI=1S/C17H13BrO3/c1-10-3-8-14-13(9-10)16(19)15(18)17(21-14)11-4-6-12(20-2)7-5-11/h3-9H,1-2H3. The number of fused-ring (bicyclic) bond motifs is 1. The molecule has 0 bridgehead atoms. The van der Waals surface area contributed by atoms with Crippen LogP contribution in [-0.4, -0.2) is 7.11 Å². The third-order valence-electron chi connectivity index (χ3n) is 3.34. The second-order valence-corrected chi connectivity index (χ2v) is 5.60. The second-order valence-electron chi connectivity index (χ2n) is 4.80. The maximum absolute atomic E-state index is 12.5. The van der Waals surface area contributed by atoms with Gasteiger partial charge in [0.1, 0.15) is 15.8 Å². The number of rotatable bonds is 2. The van der Waals surface area contributed by atoms with Gasteiger partial charge in [-0.3, -0.25) is 4.79 Å². The third kappa shape index (κ3) is 2.47. The zero-order chi connectivity index (χ0) is 15.0. The highest BCUT2D eigenvalue weighted by molar-refractivity contribution is 9.10. The lowest BCUT2D eigenvalue weighted by atomic mass is 10.1. The van der Waals surface area contributed by atoms with Crippen LogP contribution in [0.3, 0.4) is 0 Å². The summed E-state index contributed by atoms with van der Waals surface area (Å²) in [7, 11) is 1.61. The summed E-state index contributed by atoms with van der Waals surface area (Å²) >= 11 is 3.36. The molecule has 0 unspecified atom stereocenters. The second kappa shape index (κ2) is 5.37. The molecule has 0 aliphatic heterocycles. The highest BCUT2D eigenvalue weighted by Gasteiger charge is 2.14. The van der Waals surface area contributed by atoms with Crippen molar-refractivity contribution in [3.8, 4) is 17.1 Å².